The zero-order valence-corrected chi connectivity index (χ0v) is 17.1. The summed E-state index contributed by atoms with van der Waals surface area (Å²) in [6.07, 6.45) is 8.91. The van der Waals surface area contributed by atoms with Gasteiger partial charge in [0, 0.05) is 12.3 Å². The third-order valence-corrected chi connectivity index (χ3v) is 3.79. The molecule has 0 aliphatic carbocycles. The van der Waals surface area contributed by atoms with Crippen LogP contribution in [-0.4, -0.2) is 29.0 Å². The number of unbranched alkanes of at least 4 members (excludes halogenated alkanes) is 3. The fraction of sp³-hybridized carbons (Fsp3) is 0.700. The Bertz CT molecular complexity index is 459. The summed E-state index contributed by atoms with van der Waals surface area (Å²) in [5.41, 5.74) is 2.06. The van der Waals surface area contributed by atoms with Crippen LogP contribution in [0.2, 0.25) is 0 Å². The second kappa shape index (κ2) is 16.5. The molecule has 0 radical (unpaired) electrons. The number of hydrogen-bond acceptors (Lipinski definition) is 4. The van der Waals surface area contributed by atoms with Crippen LogP contribution in [-0.2, 0) is 19.2 Å². The minimum atomic E-state index is -0.630. The lowest BCUT2D eigenvalue weighted by Crippen LogP contribution is -2.44. The van der Waals surface area contributed by atoms with Gasteiger partial charge in [0.05, 0.1) is 0 Å². The fourth-order valence-corrected chi connectivity index (χ4v) is 2.10. The van der Waals surface area contributed by atoms with E-state index in [1.807, 2.05) is 20.8 Å². The molecule has 1 fully saturated rings. The van der Waals surface area contributed by atoms with Gasteiger partial charge in [0.15, 0.2) is 0 Å². The van der Waals surface area contributed by atoms with Crippen LogP contribution in [0, 0.1) is 5.92 Å². The second-order valence-corrected chi connectivity index (χ2v) is 6.07. The average molecular weight is 369 g/mol. The third kappa shape index (κ3) is 10.1. The number of rotatable bonds is 8. The van der Waals surface area contributed by atoms with E-state index in [1.165, 1.54) is 19.3 Å². The first-order valence-electron chi connectivity index (χ1n) is 9.67. The van der Waals surface area contributed by atoms with E-state index in [4.69, 9.17) is 0 Å². The molecular weight excluding hydrogens is 332 g/mol. The Hall–Kier alpha value is -1.98. The zero-order valence-electron chi connectivity index (χ0n) is 17.1. The molecule has 1 heterocycles. The summed E-state index contributed by atoms with van der Waals surface area (Å²) in [6, 6.07) is 0. The van der Waals surface area contributed by atoms with Crippen molar-refractivity contribution in [2.45, 2.75) is 86.0 Å². The highest BCUT2D eigenvalue weighted by atomic mass is 16.2. The standard InChI is InChI=1S/C12H18N2O3.C5H12.C3H6O/c1-4-6-7-9(5-2)12(17)14-11(16)8(3)10(15)13-14;1-3-5-4-2;1-2-3-4/h9H,3-7H2,1-2H3,(H,13,15);3-5H2,1-2H3;3H,2H2,1H3. The van der Waals surface area contributed by atoms with Crippen LogP contribution < -0.4 is 5.43 Å². The number of imide groups is 1. The van der Waals surface area contributed by atoms with Crippen LogP contribution in [0.5, 0.6) is 0 Å². The Labute approximate surface area is 158 Å². The lowest BCUT2D eigenvalue weighted by molar-refractivity contribution is -0.148. The number of aldehydes is 1. The van der Waals surface area contributed by atoms with Crippen molar-refractivity contribution in [3.05, 3.63) is 12.2 Å². The van der Waals surface area contributed by atoms with Crippen molar-refractivity contribution in [3.8, 4) is 0 Å². The van der Waals surface area contributed by atoms with Crippen LogP contribution in [0.1, 0.15) is 86.0 Å². The Morgan fingerprint density at radius 3 is 1.85 bits per heavy atom. The van der Waals surface area contributed by atoms with E-state index in [1.54, 1.807) is 0 Å². The highest BCUT2D eigenvalue weighted by Crippen LogP contribution is 2.18. The van der Waals surface area contributed by atoms with Gasteiger partial charge in [-0.25, -0.2) is 0 Å². The minimum absolute atomic E-state index is 0.177. The summed E-state index contributed by atoms with van der Waals surface area (Å²) in [5, 5.41) is 0.800. The van der Waals surface area contributed by atoms with Crippen LogP contribution in [0.25, 0.3) is 0 Å². The molecule has 1 aliphatic rings. The van der Waals surface area contributed by atoms with Gasteiger partial charge in [0.25, 0.3) is 17.7 Å². The highest BCUT2D eigenvalue weighted by Gasteiger charge is 2.38. The molecule has 1 atom stereocenters. The van der Waals surface area contributed by atoms with Gasteiger partial charge >= 0.3 is 0 Å². The van der Waals surface area contributed by atoms with Gasteiger partial charge in [-0.1, -0.05) is 73.3 Å². The van der Waals surface area contributed by atoms with Crippen molar-refractivity contribution >= 4 is 24.0 Å². The second-order valence-electron chi connectivity index (χ2n) is 6.07. The fourth-order valence-electron chi connectivity index (χ4n) is 2.10. The van der Waals surface area contributed by atoms with Crippen molar-refractivity contribution in [3.63, 3.8) is 0 Å². The van der Waals surface area contributed by atoms with E-state index in [2.05, 4.69) is 25.9 Å². The summed E-state index contributed by atoms with van der Waals surface area (Å²) < 4.78 is 0. The molecule has 0 aromatic rings. The van der Waals surface area contributed by atoms with Gasteiger partial charge in [0.1, 0.15) is 11.9 Å². The Kier molecular flexibility index (Phi) is 16.6. The van der Waals surface area contributed by atoms with E-state index >= 15 is 0 Å². The maximum atomic E-state index is 12.0. The third-order valence-electron chi connectivity index (χ3n) is 3.79. The number of nitrogens with zero attached hydrogens (tertiary/aromatic N) is 1. The number of nitrogens with one attached hydrogen (secondary N) is 1. The van der Waals surface area contributed by atoms with Crippen molar-refractivity contribution < 1.29 is 19.2 Å². The van der Waals surface area contributed by atoms with Crippen molar-refractivity contribution in [2.75, 3.05) is 0 Å². The summed E-state index contributed by atoms with van der Waals surface area (Å²) in [7, 11) is 0. The van der Waals surface area contributed by atoms with Gasteiger partial charge in [-0.2, -0.15) is 5.01 Å². The predicted molar refractivity (Wildman–Crippen MR) is 104 cm³/mol. The smallest absolute Gasteiger partial charge is 0.284 e. The van der Waals surface area contributed by atoms with Crippen LogP contribution in [0.15, 0.2) is 12.2 Å². The molecule has 0 bridgehead atoms. The van der Waals surface area contributed by atoms with Crippen LogP contribution >= 0.6 is 0 Å². The molecule has 1 N–H and O–H groups in total. The lowest BCUT2D eigenvalue weighted by Gasteiger charge is -2.19. The quantitative estimate of drug-likeness (QED) is 0.399. The number of carbonyl (C=O) groups is 4. The van der Waals surface area contributed by atoms with E-state index in [0.29, 0.717) is 12.8 Å². The van der Waals surface area contributed by atoms with Crippen LogP contribution in [0.4, 0.5) is 0 Å². The molecule has 150 valence electrons. The molecule has 26 heavy (non-hydrogen) atoms. The van der Waals surface area contributed by atoms with Crippen molar-refractivity contribution in [1.82, 2.24) is 10.4 Å². The van der Waals surface area contributed by atoms with Gasteiger partial charge in [-0.05, 0) is 12.8 Å². The van der Waals surface area contributed by atoms with E-state index < -0.39 is 11.8 Å². The molecule has 1 aliphatic heterocycles. The first-order valence-corrected chi connectivity index (χ1v) is 9.67. The summed E-state index contributed by atoms with van der Waals surface area (Å²) in [5.74, 6) is -1.77. The Balaban J connectivity index is 0. The number of hydrogen-bond donors (Lipinski definition) is 1. The molecule has 0 spiro atoms. The number of hydrazine groups is 1. The van der Waals surface area contributed by atoms with Crippen molar-refractivity contribution in [2.24, 2.45) is 5.92 Å². The van der Waals surface area contributed by atoms with Gasteiger partial charge < -0.3 is 4.79 Å². The molecule has 3 amide bonds. The lowest BCUT2D eigenvalue weighted by atomic mass is 9.98. The normalized spacial score (nSPS) is 13.9. The topological polar surface area (TPSA) is 83.6 Å². The molecule has 0 saturated carbocycles. The monoisotopic (exact) mass is 368 g/mol. The summed E-state index contributed by atoms with van der Waals surface area (Å²) in [4.78, 5) is 44.0. The molecule has 6 nitrogen and oxygen atoms in total. The highest BCUT2D eigenvalue weighted by molar-refractivity contribution is 6.26. The molecule has 1 unspecified atom stereocenters. The van der Waals surface area contributed by atoms with E-state index in [-0.39, 0.29) is 17.4 Å². The molecule has 0 aromatic heterocycles. The summed E-state index contributed by atoms with van der Waals surface area (Å²) in [6.45, 7) is 13.5. The average Bonchev–Trinajstić information content (AvgIpc) is 2.91. The SMILES string of the molecule is C=C1C(=O)NN(C(=O)C(CC)CCCC)C1=O.CCC=O.CCCCC. The molecule has 1 saturated heterocycles. The van der Waals surface area contributed by atoms with E-state index in [9.17, 15) is 19.2 Å². The molecule has 1 rings (SSSR count). The largest absolute Gasteiger partial charge is 0.303 e. The van der Waals surface area contributed by atoms with Gasteiger partial charge in [0.2, 0.25) is 0 Å². The van der Waals surface area contributed by atoms with Crippen molar-refractivity contribution in [1.29, 1.82) is 0 Å². The van der Waals surface area contributed by atoms with E-state index in [0.717, 1.165) is 30.6 Å². The van der Waals surface area contributed by atoms with Gasteiger partial charge in [-0.3, -0.25) is 19.8 Å². The molecule has 6 heteroatoms. The van der Waals surface area contributed by atoms with Gasteiger partial charge in [-0.15, -0.1) is 0 Å². The summed E-state index contributed by atoms with van der Waals surface area (Å²) >= 11 is 0. The number of carbonyl (C=O) groups excluding carboxylic acids is 4. The predicted octanol–water partition coefficient (Wildman–Crippen LogP) is 3.95. The Morgan fingerprint density at radius 2 is 1.58 bits per heavy atom. The Morgan fingerprint density at radius 1 is 1.08 bits per heavy atom. The minimum Gasteiger partial charge on any atom is -0.303 e. The first kappa shape index (κ1) is 26.3. The molecular formula is C20H36N2O4. The maximum absolute atomic E-state index is 12.0. The first-order chi connectivity index (χ1) is 12.4. The molecule has 0 aromatic carbocycles. The maximum Gasteiger partial charge on any atom is 0.284 e. The van der Waals surface area contributed by atoms with Crippen LogP contribution in [0.3, 0.4) is 0 Å². The number of amides is 3. The zero-order chi connectivity index (χ0) is 20.5.